The van der Waals surface area contributed by atoms with E-state index >= 15 is 0 Å². The number of hydrogen-bond acceptors (Lipinski definition) is 7. The summed E-state index contributed by atoms with van der Waals surface area (Å²) in [6, 6.07) is 28.5. The molecule has 10 unspecified atom stereocenters. The minimum Gasteiger partial charge on any atom is -0.374 e. The van der Waals surface area contributed by atoms with Crippen LogP contribution in [0.3, 0.4) is 0 Å². The van der Waals surface area contributed by atoms with Crippen LogP contribution in [0, 0.1) is 35.0 Å². The Labute approximate surface area is 349 Å². The maximum Gasteiger partial charge on any atom is 0.139 e. The lowest BCUT2D eigenvalue weighted by Crippen LogP contribution is -2.50. The number of hydrogen-bond donors (Lipinski definition) is 1. The summed E-state index contributed by atoms with van der Waals surface area (Å²) in [5.74, 6) is 4.42. The molecule has 0 amide bonds. The maximum atomic E-state index is 5.61. The van der Waals surface area contributed by atoms with Gasteiger partial charge in [-0.05, 0) is 88.9 Å². The first-order valence-electron chi connectivity index (χ1n) is 21.9. The van der Waals surface area contributed by atoms with Crippen LogP contribution in [0.25, 0.3) is 5.57 Å². The molecule has 4 aliphatic carbocycles. The van der Waals surface area contributed by atoms with Gasteiger partial charge in [0.05, 0.1) is 6.04 Å². The molecule has 10 atom stereocenters. The number of amidine groups is 2. The van der Waals surface area contributed by atoms with E-state index in [1.165, 1.54) is 27.8 Å². The van der Waals surface area contributed by atoms with Crippen molar-refractivity contribution < 1.29 is 4.63 Å². The van der Waals surface area contributed by atoms with E-state index in [-0.39, 0.29) is 35.4 Å². The zero-order valence-electron chi connectivity index (χ0n) is 35.2. The summed E-state index contributed by atoms with van der Waals surface area (Å²) >= 11 is 0. The molecule has 0 spiro atoms. The lowest BCUT2D eigenvalue weighted by molar-refractivity contribution is 0.185. The quantitative estimate of drug-likeness (QED) is 0.197. The summed E-state index contributed by atoms with van der Waals surface area (Å²) in [5.41, 5.74) is 11.3. The third-order valence-corrected chi connectivity index (χ3v) is 15.0. The van der Waals surface area contributed by atoms with E-state index in [1.54, 1.807) is 0 Å². The fourth-order valence-corrected chi connectivity index (χ4v) is 10.9. The number of fused-ring (bicyclic) bond motifs is 4. The molecule has 300 valence electrons. The smallest absolute Gasteiger partial charge is 0.139 e. The highest BCUT2D eigenvalue weighted by atomic mass is 16.6. The van der Waals surface area contributed by atoms with E-state index in [9.17, 15) is 0 Å². The first-order chi connectivity index (χ1) is 28.7. The predicted molar refractivity (Wildman–Crippen MR) is 239 cm³/mol. The molecule has 6 aliphatic rings. The highest BCUT2D eigenvalue weighted by Gasteiger charge is 2.45. The van der Waals surface area contributed by atoms with Crippen LogP contribution >= 0.6 is 0 Å². The van der Waals surface area contributed by atoms with Crippen molar-refractivity contribution in [2.24, 2.45) is 45.0 Å². The predicted octanol–water partition coefficient (Wildman–Crippen LogP) is 11.7. The Morgan fingerprint density at radius 2 is 1.59 bits per heavy atom. The third-order valence-electron chi connectivity index (χ3n) is 15.0. The van der Waals surface area contributed by atoms with E-state index in [0.29, 0.717) is 23.7 Å². The van der Waals surface area contributed by atoms with Gasteiger partial charge in [0, 0.05) is 52.6 Å². The van der Waals surface area contributed by atoms with E-state index in [1.807, 2.05) is 0 Å². The summed E-state index contributed by atoms with van der Waals surface area (Å²) in [7, 11) is 2.21. The van der Waals surface area contributed by atoms with Crippen LogP contribution in [0.1, 0.15) is 112 Å². The Morgan fingerprint density at radius 3 is 2.34 bits per heavy atom. The number of anilines is 1. The van der Waals surface area contributed by atoms with Crippen LogP contribution in [0.2, 0.25) is 0 Å². The van der Waals surface area contributed by atoms with Gasteiger partial charge in [-0.3, -0.25) is 0 Å². The molecule has 7 nitrogen and oxygen atoms in total. The first kappa shape index (κ1) is 37.7. The molecule has 0 radical (unpaired) electrons. The molecule has 0 saturated heterocycles. The second kappa shape index (κ2) is 14.9. The van der Waals surface area contributed by atoms with E-state index in [2.05, 4.69) is 184 Å². The van der Waals surface area contributed by atoms with Crippen LogP contribution in [0.15, 0.2) is 147 Å². The normalized spacial score (nSPS) is 32.3. The summed E-state index contributed by atoms with van der Waals surface area (Å²) in [5, 5.41) is 13.2. The van der Waals surface area contributed by atoms with Crippen LogP contribution in [0.5, 0.6) is 0 Å². The summed E-state index contributed by atoms with van der Waals surface area (Å²) in [6.45, 7) is 11.9. The lowest BCUT2D eigenvalue weighted by Gasteiger charge is -2.45. The van der Waals surface area contributed by atoms with Crippen molar-refractivity contribution in [3.8, 4) is 0 Å². The second-order valence-electron chi connectivity index (χ2n) is 18.4. The van der Waals surface area contributed by atoms with Crippen molar-refractivity contribution in [2.75, 3.05) is 12.4 Å². The minimum atomic E-state index is -0.102. The average molecular weight is 781 g/mol. The fraction of sp³-hybridized carbons (Fsp3) is 0.385. The van der Waals surface area contributed by atoms with E-state index in [0.717, 1.165) is 65.6 Å². The van der Waals surface area contributed by atoms with Crippen molar-refractivity contribution in [2.45, 2.75) is 84.3 Å². The standard InChI is InChI=1S/C52H56N6O/c1-31-16-15-22-40(33(31)3)50-55-51(52(5)29-14-13-17-32(52)2)54-49(58(50)6)38-25-23-35(24-26-38)39-27-28-42-41(30-39)45-44(46(53-42)37-20-11-8-12-21-37)34(4)43(36-18-9-7-10-19-36)47-48(45)57-59-56-47/h7-15,18-23,25-28,30-35,40,43,46,50,53H,16-17,24,29H2,1-6H3. The minimum absolute atomic E-state index is 0.00799. The number of rotatable bonds is 6. The van der Waals surface area contributed by atoms with E-state index in [4.69, 9.17) is 14.6 Å². The molecule has 7 heteroatoms. The molecule has 10 rings (SSSR count). The monoisotopic (exact) mass is 780 g/mol. The summed E-state index contributed by atoms with van der Waals surface area (Å²) in [4.78, 5) is 13.4. The lowest BCUT2D eigenvalue weighted by atomic mass is 9.67. The number of aliphatic imine (C=N–C) groups is 2. The average Bonchev–Trinajstić information content (AvgIpc) is 3.75. The molecule has 2 aliphatic heterocycles. The van der Waals surface area contributed by atoms with Gasteiger partial charge in [-0.15, -0.1) is 0 Å². The zero-order valence-corrected chi connectivity index (χ0v) is 35.2. The number of benzene rings is 3. The molecule has 59 heavy (non-hydrogen) atoms. The number of likely N-dealkylation sites (N-methyl/N-ethyl adjacent to an activating group) is 1. The first-order valence-corrected chi connectivity index (χ1v) is 21.9. The van der Waals surface area contributed by atoms with Crippen molar-refractivity contribution in [3.05, 3.63) is 166 Å². The van der Waals surface area contributed by atoms with E-state index < -0.39 is 0 Å². The van der Waals surface area contributed by atoms with Crippen LogP contribution in [0.4, 0.5) is 5.69 Å². The van der Waals surface area contributed by atoms with Gasteiger partial charge in [-0.2, -0.15) is 0 Å². The Bertz CT molecular complexity index is 2470. The highest BCUT2D eigenvalue weighted by Crippen LogP contribution is 2.55. The Balaban J connectivity index is 1.00. The Kier molecular flexibility index (Phi) is 9.53. The summed E-state index contributed by atoms with van der Waals surface area (Å²) in [6.07, 6.45) is 20.7. The van der Waals surface area contributed by atoms with Gasteiger partial charge in [0.2, 0.25) is 0 Å². The van der Waals surface area contributed by atoms with Gasteiger partial charge in [-0.1, -0.05) is 149 Å². The largest absolute Gasteiger partial charge is 0.374 e. The number of aromatic nitrogens is 2. The van der Waals surface area contributed by atoms with Gasteiger partial charge < -0.3 is 10.2 Å². The van der Waals surface area contributed by atoms with Crippen molar-refractivity contribution >= 4 is 22.9 Å². The van der Waals surface area contributed by atoms with Crippen molar-refractivity contribution in [1.29, 1.82) is 0 Å². The molecule has 3 aromatic carbocycles. The van der Waals surface area contributed by atoms with Gasteiger partial charge in [0.1, 0.15) is 29.2 Å². The summed E-state index contributed by atoms with van der Waals surface area (Å²) < 4.78 is 5.61. The van der Waals surface area contributed by atoms with Crippen LogP contribution < -0.4 is 5.32 Å². The second-order valence-corrected chi connectivity index (χ2v) is 18.4. The Hall–Kier alpha value is -5.56. The van der Waals surface area contributed by atoms with Crippen molar-refractivity contribution in [1.82, 2.24) is 15.2 Å². The number of allylic oxidation sites excluding steroid dienone is 5. The number of nitrogens with one attached hydrogen (secondary N) is 1. The Morgan fingerprint density at radius 1 is 0.814 bits per heavy atom. The third kappa shape index (κ3) is 6.31. The van der Waals surface area contributed by atoms with Crippen LogP contribution in [-0.4, -0.2) is 40.1 Å². The van der Waals surface area contributed by atoms with Crippen molar-refractivity contribution in [3.63, 3.8) is 0 Å². The van der Waals surface area contributed by atoms with Gasteiger partial charge >= 0.3 is 0 Å². The SMILES string of the molecule is CC1CC=CC(C2N=C(C3(C)CC=CCC3C)N=C(C3=CCC(c4ccc5c(c4)C4=C(C(c6ccccc6)N5)C(C)C(c5ccccc5)c5nonc54)C=C3)N2C)C1C. The fourth-order valence-electron chi connectivity index (χ4n) is 10.9. The maximum absolute atomic E-state index is 5.61. The van der Waals surface area contributed by atoms with Gasteiger partial charge in [0.15, 0.2) is 0 Å². The molecule has 3 heterocycles. The molecular weight excluding hydrogens is 725 g/mol. The molecule has 4 aromatic rings. The number of nitrogens with zero attached hydrogens (tertiary/aromatic N) is 5. The van der Waals surface area contributed by atoms with Gasteiger partial charge in [0.25, 0.3) is 0 Å². The molecule has 0 saturated carbocycles. The molecule has 0 bridgehead atoms. The molecule has 0 fully saturated rings. The molecule has 1 aromatic heterocycles. The highest BCUT2D eigenvalue weighted by molar-refractivity contribution is 6.10. The molecule has 1 N–H and O–H groups in total. The molecular formula is C52H56N6O. The topological polar surface area (TPSA) is 78.9 Å². The van der Waals surface area contributed by atoms with Gasteiger partial charge in [-0.25, -0.2) is 14.6 Å². The zero-order chi connectivity index (χ0) is 40.4. The van der Waals surface area contributed by atoms with Crippen LogP contribution in [-0.2, 0) is 0 Å².